The van der Waals surface area contributed by atoms with Crippen molar-refractivity contribution in [2.75, 3.05) is 25.1 Å². The van der Waals surface area contributed by atoms with Crippen LogP contribution >= 0.6 is 12.4 Å². The van der Waals surface area contributed by atoms with Crippen molar-refractivity contribution in [3.63, 3.8) is 0 Å². The molecule has 0 bridgehead atoms. The monoisotopic (exact) mass is 350 g/mol. The molecule has 1 unspecified atom stereocenters. The molecule has 0 heterocycles. The molecule has 0 saturated heterocycles. The first-order valence-corrected chi connectivity index (χ1v) is 7.65. The molecule has 2 rings (SSSR count). The fraction of sp³-hybridized carbons (Fsp3) is 0.278. The summed E-state index contributed by atoms with van der Waals surface area (Å²) in [6, 6.07) is 16.6. The van der Waals surface area contributed by atoms with Gasteiger partial charge in [0.2, 0.25) is 0 Å². The number of anilines is 1. The molecule has 2 aromatic carbocycles. The van der Waals surface area contributed by atoms with Crippen LogP contribution in [0.3, 0.4) is 0 Å². The van der Waals surface area contributed by atoms with Crippen LogP contribution < -0.4 is 15.8 Å². The van der Waals surface area contributed by atoms with Crippen LogP contribution in [0.1, 0.15) is 18.6 Å². The predicted octanol–water partition coefficient (Wildman–Crippen LogP) is 3.16. The molecule has 0 aliphatic carbocycles. The molecule has 3 N–H and O–H groups in total. The molecular weight excluding hydrogens is 328 g/mol. The van der Waals surface area contributed by atoms with Crippen LogP contribution in [0, 0.1) is 0 Å². The summed E-state index contributed by atoms with van der Waals surface area (Å²) in [4.78, 5) is 12.5. The number of benzene rings is 2. The van der Waals surface area contributed by atoms with E-state index in [-0.39, 0.29) is 18.3 Å². The molecule has 5 nitrogen and oxygen atoms in total. The molecule has 130 valence electrons. The molecule has 1 amide bonds. The van der Waals surface area contributed by atoms with Crippen molar-refractivity contribution in [2.45, 2.75) is 13.0 Å². The van der Waals surface area contributed by atoms with E-state index >= 15 is 0 Å². The molecule has 6 heteroatoms. The minimum Gasteiger partial charge on any atom is -0.492 e. The molecule has 24 heavy (non-hydrogen) atoms. The standard InChI is InChI=1S/C18H22N2O3.ClH/c1-2-22-17(14-6-4-3-5-7-14)18(21)20-15-8-10-16(11-9-15)23-13-12-19;/h3-11,17H,2,12-13,19H2,1H3,(H,20,21);1H. The van der Waals surface area contributed by atoms with Crippen molar-refractivity contribution in [1.82, 2.24) is 0 Å². The molecule has 2 aromatic rings. The molecule has 0 radical (unpaired) electrons. The van der Waals surface area contributed by atoms with Crippen LogP contribution in [0.5, 0.6) is 5.75 Å². The first kappa shape index (κ1) is 20.0. The highest BCUT2D eigenvalue weighted by molar-refractivity contribution is 5.94. The zero-order valence-electron chi connectivity index (χ0n) is 13.6. The van der Waals surface area contributed by atoms with E-state index in [4.69, 9.17) is 15.2 Å². The Bertz CT molecular complexity index is 605. The lowest BCUT2D eigenvalue weighted by molar-refractivity contribution is -0.127. The number of carbonyl (C=O) groups is 1. The number of rotatable bonds is 8. The summed E-state index contributed by atoms with van der Waals surface area (Å²) in [6.07, 6.45) is -0.630. The summed E-state index contributed by atoms with van der Waals surface area (Å²) >= 11 is 0. The third kappa shape index (κ3) is 5.85. The van der Waals surface area contributed by atoms with Gasteiger partial charge in [-0.25, -0.2) is 0 Å². The van der Waals surface area contributed by atoms with E-state index in [1.807, 2.05) is 37.3 Å². The van der Waals surface area contributed by atoms with E-state index in [1.165, 1.54) is 0 Å². The Morgan fingerprint density at radius 1 is 1.12 bits per heavy atom. The third-order valence-corrected chi connectivity index (χ3v) is 3.18. The second-order valence-electron chi connectivity index (χ2n) is 4.90. The number of halogens is 1. The number of carbonyl (C=O) groups excluding carboxylic acids is 1. The fourth-order valence-electron chi connectivity index (χ4n) is 2.14. The summed E-state index contributed by atoms with van der Waals surface area (Å²) in [7, 11) is 0. The van der Waals surface area contributed by atoms with Gasteiger partial charge < -0.3 is 20.5 Å². The zero-order chi connectivity index (χ0) is 16.5. The van der Waals surface area contributed by atoms with Gasteiger partial charge >= 0.3 is 0 Å². The highest BCUT2D eigenvalue weighted by atomic mass is 35.5. The lowest BCUT2D eigenvalue weighted by atomic mass is 10.1. The minimum absolute atomic E-state index is 0. The summed E-state index contributed by atoms with van der Waals surface area (Å²) in [5, 5.41) is 2.86. The minimum atomic E-state index is -0.630. The van der Waals surface area contributed by atoms with E-state index in [9.17, 15) is 4.79 Å². The average Bonchev–Trinajstić information content (AvgIpc) is 2.59. The summed E-state index contributed by atoms with van der Waals surface area (Å²) in [6.45, 7) is 3.25. The fourth-order valence-corrected chi connectivity index (χ4v) is 2.14. The normalized spacial score (nSPS) is 11.2. The van der Waals surface area contributed by atoms with Crippen LogP contribution in [0.4, 0.5) is 5.69 Å². The Morgan fingerprint density at radius 3 is 2.38 bits per heavy atom. The zero-order valence-corrected chi connectivity index (χ0v) is 14.4. The van der Waals surface area contributed by atoms with Crippen molar-refractivity contribution in [3.05, 3.63) is 60.2 Å². The largest absolute Gasteiger partial charge is 0.492 e. The molecule has 0 aliphatic rings. The second-order valence-corrected chi connectivity index (χ2v) is 4.90. The van der Waals surface area contributed by atoms with Gasteiger partial charge in [0, 0.05) is 18.8 Å². The van der Waals surface area contributed by atoms with Gasteiger partial charge in [-0.1, -0.05) is 30.3 Å². The van der Waals surface area contributed by atoms with Crippen molar-refractivity contribution < 1.29 is 14.3 Å². The molecule has 0 aliphatic heterocycles. The third-order valence-electron chi connectivity index (χ3n) is 3.18. The topological polar surface area (TPSA) is 73.6 Å². The summed E-state index contributed by atoms with van der Waals surface area (Å²) in [5.41, 5.74) is 6.91. The lowest BCUT2D eigenvalue weighted by Crippen LogP contribution is -2.23. The van der Waals surface area contributed by atoms with Crippen LogP contribution in [0.15, 0.2) is 54.6 Å². The highest BCUT2D eigenvalue weighted by Gasteiger charge is 2.20. The van der Waals surface area contributed by atoms with E-state index < -0.39 is 6.10 Å². The Hall–Kier alpha value is -2.08. The number of ether oxygens (including phenoxy) is 2. The summed E-state index contributed by atoms with van der Waals surface area (Å²) < 4.78 is 11.0. The van der Waals surface area contributed by atoms with Crippen molar-refractivity contribution in [3.8, 4) is 5.75 Å². The van der Waals surface area contributed by atoms with Crippen LogP contribution in [-0.4, -0.2) is 25.7 Å². The highest BCUT2D eigenvalue weighted by Crippen LogP contribution is 2.21. The Morgan fingerprint density at radius 2 is 1.79 bits per heavy atom. The maximum absolute atomic E-state index is 12.5. The lowest BCUT2D eigenvalue weighted by Gasteiger charge is -2.17. The molecule has 0 fully saturated rings. The number of nitrogens with one attached hydrogen (secondary N) is 1. The molecule has 0 aromatic heterocycles. The Labute approximate surface area is 148 Å². The van der Waals surface area contributed by atoms with E-state index in [1.54, 1.807) is 24.3 Å². The van der Waals surface area contributed by atoms with E-state index in [2.05, 4.69) is 5.32 Å². The number of hydrogen-bond donors (Lipinski definition) is 2. The quantitative estimate of drug-likeness (QED) is 0.767. The van der Waals surface area contributed by atoms with Crippen LogP contribution in [0.2, 0.25) is 0 Å². The van der Waals surface area contributed by atoms with Crippen molar-refractivity contribution in [2.24, 2.45) is 5.73 Å². The van der Waals surface area contributed by atoms with Gasteiger partial charge in [0.05, 0.1) is 0 Å². The van der Waals surface area contributed by atoms with Gasteiger partial charge in [-0.05, 0) is 36.8 Å². The first-order valence-electron chi connectivity index (χ1n) is 7.65. The van der Waals surface area contributed by atoms with Gasteiger partial charge in [-0.2, -0.15) is 0 Å². The number of hydrogen-bond acceptors (Lipinski definition) is 4. The summed E-state index contributed by atoms with van der Waals surface area (Å²) in [5.74, 6) is 0.520. The van der Waals surface area contributed by atoms with E-state index in [0.717, 1.165) is 11.3 Å². The van der Waals surface area contributed by atoms with Gasteiger partial charge in [-0.15, -0.1) is 12.4 Å². The van der Waals surface area contributed by atoms with Crippen molar-refractivity contribution in [1.29, 1.82) is 0 Å². The molecule has 1 atom stereocenters. The molecule has 0 saturated carbocycles. The Kier molecular flexibility index (Phi) is 8.86. The number of nitrogens with two attached hydrogens (primary N) is 1. The molecular formula is C18H23ClN2O3. The van der Waals surface area contributed by atoms with Crippen LogP contribution in [0.25, 0.3) is 0 Å². The maximum Gasteiger partial charge on any atom is 0.258 e. The maximum atomic E-state index is 12.5. The SMILES string of the molecule is CCOC(C(=O)Nc1ccc(OCCN)cc1)c1ccccc1.Cl. The van der Waals surface area contributed by atoms with E-state index in [0.29, 0.717) is 25.4 Å². The predicted molar refractivity (Wildman–Crippen MR) is 97.7 cm³/mol. The van der Waals surface area contributed by atoms with Gasteiger partial charge in [0.25, 0.3) is 5.91 Å². The van der Waals surface area contributed by atoms with Gasteiger partial charge in [0.15, 0.2) is 6.10 Å². The number of amides is 1. The second kappa shape index (κ2) is 10.6. The smallest absolute Gasteiger partial charge is 0.258 e. The Balaban J connectivity index is 0.00000288. The first-order chi connectivity index (χ1) is 11.2. The van der Waals surface area contributed by atoms with Gasteiger partial charge in [-0.3, -0.25) is 4.79 Å². The van der Waals surface area contributed by atoms with Gasteiger partial charge in [0.1, 0.15) is 12.4 Å². The van der Waals surface area contributed by atoms with Crippen molar-refractivity contribution >= 4 is 24.0 Å². The van der Waals surface area contributed by atoms with Crippen LogP contribution in [-0.2, 0) is 9.53 Å². The molecule has 0 spiro atoms. The average molecular weight is 351 g/mol.